The number of carbonyl (C=O) groups is 3. The number of amides is 4. The molecule has 27 heavy (non-hydrogen) atoms. The van der Waals surface area contributed by atoms with E-state index in [0.717, 1.165) is 29.0 Å². The van der Waals surface area contributed by atoms with Crippen LogP contribution >= 0.6 is 11.5 Å². The van der Waals surface area contributed by atoms with Crippen molar-refractivity contribution in [3.63, 3.8) is 0 Å². The van der Waals surface area contributed by atoms with E-state index in [1.807, 2.05) is 17.0 Å². The van der Waals surface area contributed by atoms with Crippen molar-refractivity contribution < 1.29 is 14.4 Å². The summed E-state index contributed by atoms with van der Waals surface area (Å²) in [7, 11) is 0. The Morgan fingerprint density at radius 3 is 2.67 bits per heavy atom. The van der Waals surface area contributed by atoms with Crippen LogP contribution < -0.4 is 15.5 Å². The van der Waals surface area contributed by atoms with Gasteiger partial charge in [-0.25, -0.2) is 4.79 Å². The van der Waals surface area contributed by atoms with E-state index in [4.69, 9.17) is 0 Å². The van der Waals surface area contributed by atoms with Crippen LogP contribution in [0, 0.1) is 0 Å². The Hall–Kier alpha value is -2.68. The molecule has 4 amide bonds. The molecular formula is C18H21N5O3S. The molecule has 9 heteroatoms. The zero-order valence-electron chi connectivity index (χ0n) is 15.0. The van der Waals surface area contributed by atoms with E-state index >= 15 is 0 Å². The van der Waals surface area contributed by atoms with Crippen LogP contribution in [0.2, 0.25) is 0 Å². The van der Waals surface area contributed by atoms with Crippen LogP contribution in [0.5, 0.6) is 0 Å². The summed E-state index contributed by atoms with van der Waals surface area (Å²) in [5.41, 5.74) is -1.01. The van der Waals surface area contributed by atoms with Crippen LogP contribution in [0.15, 0.2) is 24.3 Å². The van der Waals surface area contributed by atoms with Gasteiger partial charge in [0.15, 0.2) is 0 Å². The van der Waals surface area contributed by atoms with E-state index in [9.17, 15) is 14.4 Å². The molecule has 2 fully saturated rings. The number of urea groups is 1. The maximum absolute atomic E-state index is 12.5. The summed E-state index contributed by atoms with van der Waals surface area (Å²) in [5.74, 6) is 0.619. The van der Waals surface area contributed by atoms with Gasteiger partial charge in [0.1, 0.15) is 11.4 Å². The molecule has 1 aromatic heterocycles. The Labute approximate surface area is 160 Å². The van der Waals surface area contributed by atoms with Crippen LogP contribution in [0.4, 0.5) is 10.6 Å². The van der Waals surface area contributed by atoms with Gasteiger partial charge in [-0.2, -0.15) is 4.37 Å². The SMILES string of the molecule is CC1(CCC(=O)N2CCN(c3nsc4ccccc34)CC2)NC(=O)NC1=O. The van der Waals surface area contributed by atoms with Crippen LogP contribution in [-0.2, 0) is 9.59 Å². The third-order valence-electron chi connectivity index (χ3n) is 5.25. The van der Waals surface area contributed by atoms with Gasteiger partial charge in [0, 0.05) is 38.0 Å². The summed E-state index contributed by atoms with van der Waals surface area (Å²) >= 11 is 1.49. The van der Waals surface area contributed by atoms with Crippen molar-refractivity contribution in [1.82, 2.24) is 19.9 Å². The molecule has 0 spiro atoms. The minimum atomic E-state index is -1.01. The molecule has 2 aromatic rings. The first-order valence-corrected chi connectivity index (χ1v) is 9.74. The van der Waals surface area contributed by atoms with Crippen molar-refractivity contribution in [2.24, 2.45) is 0 Å². The molecule has 2 N–H and O–H groups in total. The highest BCUT2D eigenvalue weighted by Gasteiger charge is 2.42. The van der Waals surface area contributed by atoms with Crippen molar-refractivity contribution in [3.05, 3.63) is 24.3 Å². The van der Waals surface area contributed by atoms with E-state index in [0.29, 0.717) is 19.5 Å². The predicted octanol–water partition coefficient (Wildman–Crippen LogP) is 1.32. The summed E-state index contributed by atoms with van der Waals surface area (Å²) < 4.78 is 5.74. The van der Waals surface area contributed by atoms with Crippen LogP contribution in [-0.4, -0.2) is 58.8 Å². The molecule has 2 saturated heterocycles. The number of benzene rings is 1. The Morgan fingerprint density at radius 1 is 1.22 bits per heavy atom. The smallest absolute Gasteiger partial charge is 0.322 e. The molecule has 2 aliphatic rings. The lowest BCUT2D eigenvalue weighted by Gasteiger charge is -2.35. The number of carbonyl (C=O) groups excluding carboxylic acids is 3. The molecule has 0 aliphatic carbocycles. The van der Waals surface area contributed by atoms with E-state index < -0.39 is 11.6 Å². The zero-order chi connectivity index (χ0) is 19.0. The Kier molecular flexibility index (Phi) is 4.47. The largest absolute Gasteiger partial charge is 0.352 e. The second kappa shape index (κ2) is 6.80. The second-order valence-electron chi connectivity index (χ2n) is 7.11. The number of anilines is 1. The number of nitrogens with one attached hydrogen (secondary N) is 2. The molecule has 142 valence electrons. The fraction of sp³-hybridized carbons (Fsp3) is 0.444. The summed E-state index contributed by atoms with van der Waals surface area (Å²) in [6.45, 7) is 4.35. The average Bonchev–Trinajstić information content (AvgIpc) is 3.20. The minimum Gasteiger partial charge on any atom is -0.352 e. The number of imide groups is 1. The van der Waals surface area contributed by atoms with Gasteiger partial charge in [0.05, 0.1) is 4.70 Å². The van der Waals surface area contributed by atoms with Gasteiger partial charge in [-0.3, -0.25) is 14.9 Å². The Balaban J connectivity index is 1.33. The monoisotopic (exact) mass is 387 g/mol. The molecule has 0 bridgehead atoms. The molecule has 2 aliphatic heterocycles. The first-order chi connectivity index (χ1) is 13.0. The highest BCUT2D eigenvalue weighted by Crippen LogP contribution is 2.30. The first kappa shape index (κ1) is 17.7. The standard InChI is InChI=1S/C18H21N5O3S/c1-18(16(25)19-17(26)20-18)7-6-14(24)22-8-10-23(11-9-22)15-12-4-2-3-5-13(12)27-21-15/h2-5H,6-11H2,1H3,(H2,19,20,25,26). The molecule has 0 radical (unpaired) electrons. The van der Waals surface area contributed by atoms with Gasteiger partial charge in [-0.15, -0.1) is 0 Å². The van der Waals surface area contributed by atoms with Gasteiger partial charge in [-0.1, -0.05) is 12.1 Å². The molecule has 4 rings (SSSR count). The van der Waals surface area contributed by atoms with E-state index in [2.05, 4.69) is 32.0 Å². The second-order valence-corrected chi connectivity index (χ2v) is 7.92. The lowest BCUT2D eigenvalue weighted by atomic mass is 9.96. The lowest BCUT2D eigenvalue weighted by Crippen LogP contribution is -2.50. The molecule has 1 unspecified atom stereocenters. The van der Waals surface area contributed by atoms with E-state index in [1.165, 1.54) is 11.5 Å². The summed E-state index contributed by atoms with van der Waals surface area (Å²) in [6, 6.07) is 7.66. The number of hydrogen-bond acceptors (Lipinski definition) is 6. The van der Waals surface area contributed by atoms with E-state index in [-0.39, 0.29) is 18.2 Å². The van der Waals surface area contributed by atoms with E-state index in [1.54, 1.807) is 6.92 Å². The summed E-state index contributed by atoms with van der Waals surface area (Å²) in [6.07, 6.45) is 0.518. The average molecular weight is 387 g/mol. The van der Waals surface area contributed by atoms with Gasteiger partial charge in [0.2, 0.25) is 5.91 Å². The molecular weight excluding hydrogens is 366 g/mol. The highest BCUT2D eigenvalue weighted by molar-refractivity contribution is 7.13. The summed E-state index contributed by atoms with van der Waals surface area (Å²) in [5, 5.41) is 5.97. The molecule has 8 nitrogen and oxygen atoms in total. The third kappa shape index (κ3) is 3.34. The number of rotatable bonds is 4. The molecule has 1 atom stereocenters. The summed E-state index contributed by atoms with van der Waals surface area (Å²) in [4.78, 5) is 39.7. The molecule has 0 saturated carbocycles. The zero-order valence-corrected chi connectivity index (χ0v) is 15.8. The minimum absolute atomic E-state index is 0.00737. The number of nitrogens with zero attached hydrogens (tertiary/aromatic N) is 3. The van der Waals surface area contributed by atoms with Crippen LogP contribution in [0.25, 0.3) is 10.1 Å². The number of piperazine rings is 1. The van der Waals surface area contributed by atoms with Crippen molar-refractivity contribution in [2.75, 3.05) is 31.1 Å². The van der Waals surface area contributed by atoms with Crippen molar-refractivity contribution in [1.29, 1.82) is 0 Å². The first-order valence-electron chi connectivity index (χ1n) is 8.97. The highest BCUT2D eigenvalue weighted by atomic mass is 32.1. The fourth-order valence-corrected chi connectivity index (χ4v) is 4.33. The number of fused-ring (bicyclic) bond motifs is 1. The van der Waals surface area contributed by atoms with Gasteiger partial charge >= 0.3 is 6.03 Å². The molecule has 3 heterocycles. The van der Waals surface area contributed by atoms with Crippen molar-refractivity contribution in [3.8, 4) is 0 Å². The van der Waals surface area contributed by atoms with Gasteiger partial charge < -0.3 is 15.1 Å². The Bertz CT molecular complexity index is 905. The fourth-order valence-electron chi connectivity index (χ4n) is 3.54. The Morgan fingerprint density at radius 2 is 1.96 bits per heavy atom. The molecule has 1 aromatic carbocycles. The van der Waals surface area contributed by atoms with Gasteiger partial charge in [0.25, 0.3) is 5.91 Å². The van der Waals surface area contributed by atoms with Crippen molar-refractivity contribution in [2.45, 2.75) is 25.3 Å². The maximum atomic E-state index is 12.5. The van der Waals surface area contributed by atoms with Crippen LogP contribution in [0.3, 0.4) is 0 Å². The normalized spacial score (nSPS) is 22.9. The predicted molar refractivity (Wildman–Crippen MR) is 103 cm³/mol. The third-order valence-corrected chi connectivity index (χ3v) is 6.06. The van der Waals surface area contributed by atoms with Gasteiger partial charge in [-0.05, 0) is 37.0 Å². The number of aromatic nitrogens is 1. The lowest BCUT2D eigenvalue weighted by molar-refractivity contribution is -0.132. The van der Waals surface area contributed by atoms with Crippen molar-refractivity contribution >= 4 is 45.3 Å². The topological polar surface area (TPSA) is 94.6 Å². The van der Waals surface area contributed by atoms with Crippen LogP contribution in [0.1, 0.15) is 19.8 Å². The maximum Gasteiger partial charge on any atom is 0.322 e. The quantitative estimate of drug-likeness (QED) is 0.772. The number of hydrogen-bond donors (Lipinski definition) is 2.